The molecule has 0 spiro atoms. The van der Waals surface area contributed by atoms with E-state index in [1.807, 2.05) is 12.1 Å². The Labute approximate surface area is 159 Å². The van der Waals surface area contributed by atoms with Crippen LogP contribution in [-0.4, -0.2) is 53.2 Å². The van der Waals surface area contributed by atoms with Crippen LogP contribution >= 0.6 is 0 Å². The van der Waals surface area contributed by atoms with Gasteiger partial charge in [0.15, 0.2) is 21.3 Å². The molecule has 1 aliphatic heterocycles. The summed E-state index contributed by atoms with van der Waals surface area (Å²) in [5.74, 6) is 1.22. The van der Waals surface area contributed by atoms with E-state index >= 15 is 0 Å². The average Bonchev–Trinajstić information content (AvgIpc) is 2.65. The predicted octanol–water partition coefficient (Wildman–Crippen LogP) is 1.94. The van der Waals surface area contributed by atoms with Gasteiger partial charge in [0.25, 0.3) is 0 Å². The van der Waals surface area contributed by atoms with Gasteiger partial charge in [-0.1, -0.05) is 19.1 Å². The quantitative estimate of drug-likeness (QED) is 0.722. The third-order valence-corrected chi connectivity index (χ3v) is 7.30. The Kier molecular flexibility index (Phi) is 5.45. The lowest BCUT2D eigenvalue weighted by Crippen LogP contribution is -2.43. The van der Waals surface area contributed by atoms with Crippen LogP contribution in [0.1, 0.15) is 6.92 Å². The molecular weight excluding hydrogens is 390 g/mol. The van der Waals surface area contributed by atoms with Crippen molar-refractivity contribution in [1.82, 2.24) is 4.31 Å². The molecule has 0 saturated heterocycles. The van der Waals surface area contributed by atoms with Crippen LogP contribution in [0.15, 0.2) is 58.3 Å². The minimum atomic E-state index is -3.79. The van der Waals surface area contributed by atoms with Crippen molar-refractivity contribution in [3.05, 3.63) is 48.5 Å². The third-order valence-electron chi connectivity index (χ3n) is 4.22. The Morgan fingerprint density at radius 1 is 0.963 bits per heavy atom. The Morgan fingerprint density at radius 3 is 2.15 bits per heavy atom. The number of ether oxygens (including phenoxy) is 2. The number of hydrogen-bond acceptors (Lipinski definition) is 6. The van der Waals surface area contributed by atoms with E-state index in [4.69, 9.17) is 9.47 Å². The van der Waals surface area contributed by atoms with E-state index in [9.17, 15) is 16.8 Å². The number of nitrogens with zero attached hydrogens (tertiary/aromatic N) is 1. The smallest absolute Gasteiger partial charge is 0.243 e. The van der Waals surface area contributed by atoms with Crippen LogP contribution in [0.25, 0.3) is 0 Å². The molecule has 146 valence electrons. The van der Waals surface area contributed by atoms with Gasteiger partial charge in [-0.3, -0.25) is 0 Å². The maximum Gasteiger partial charge on any atom is 0.243 e. The van der Waals surface area contributed by atoms with Crippen molar-refractivity contribution >= 4 is 19.9 Å². The minimum absolute atomic E-state index is 0.0360. The molecule has 7 nitrogen and oxygen atoms in total. The van der Waals surface area contributed by atoms with Crippen molar-refractivity contribution in [3.8, 4) is 11.5 Å². The summed E-state index contributed by atoms with van der Waals surface area (Å²) in [4.78, 5) is 0.110. The highest BCUT2D eigenvalue weighted by Crippen LogP contribution is 2.31. The molecule has 1 aliphatic rings. The second kappa shape index (κ2) is 7.49. The van der Waals surface area contributed by atoms with Gasteiger partial charge >= 0.3 is 0 Å². The van der Waals surface area contributed by atoms with Crippen LogP contribution in [0, 0.1) is 0 Å². The SMILES string of the molecule is CCN(C[C@@H]1COc2ccccc2O1)S(=O)(=O)c1ccc(S(C)(=O)=O)cc1. The average molecular weight is 412 g/mol. The van der Waals surface area contributed by atoms with Gasteiger partial charge in [-0.15, -0.1) is 0 Å². The number of fused-ring (bicyclic) bond motifs is 1. The zero-order chi connectivity index (χ0) is 19.7. The van der Waals surface area contributed by atoms with E-state index in [1.165, 1.54) is 28.6 Å². The molecule has 1 atom stereocenters. The van der Waals surface area contributed by atoms with E-state index in [1.54, 1.807) is 19.1 Å². The first-order valence-corrected chi connectivity index (χ1v) is 11.7. The third kappa shape index (κ3) is 4.26. The van der Waals surface area contributed by atoms with Crippen molar-refractivity contribution in [1.29, 1.82) is 0 Å². The second-order valence-corrected chi connectivity index (χ2v) is 10.2. The molecular formula is C18H21NO6S2. The van der Waals surface area contributed by atoms with Gasteiger partial charge in [0.1, 0.15) is 12.7 Å². The molecule has 0 amide bonds. The molecule has 0 unspecified atom stereocenters. The first-order chi connectivity index (χ1) is 12.7. The Balaban J connectivity index is 1.78. The molecule has 2 aromatic rings. The summed E-state index contributed by atoms with van der Waals surface area (Å²) in [5.41, 5.74) is 0. The maximum atomic E-state index is 12.9. The zero-order valence-corrected chi connectivity index (χ0v) is 16.7. The number of hydrogen-bond donors (Lipinski definition) is 0. The van der Waals surface area contributed by atoms with Crippen molar-refractivity contribution in [2.75, 3.05) is 26.0 Å². The fraction of sp³-hybridized carbons (Fsp3) is 0.333. The molecule has 0 saturated carbocycles. The van der Waals surface area contributed by atoms with E-state index in [-0.39, 0.29) is 29.5 Å². The van der Waals surface area contributed by atoms with Crippen LogP contribution < -0.4 is 9.47 Å². The summed E-state index contributed by atoms with van der Waals surface area (Å²) >= 11 is 0. The standard InChI is InChI=1S/C18H21NO6S2/c1-3-19(12-14-13-24-17-6-4-5-7-18(17)25-14)27(22,23)16-10-8-15(9-11-16)26(2,20)21/h4-11,14H,3,12-13H2,1-2H3/t14-/m1/s1. The molecule has 0 fully saturated rings. The van der Waals surface area contributed by atoms with E-state index < -0.39 is 26.0 Å². The Bertz CT molecular complexity index is 1020. The lowest BCUT2D eigenvalue weighted by molar-refractivity contribution is 0.0771. The lowest BCUT2D eigenvalue weighted by Gasteiger charge is -2.30. The molecule has 3 rings (SSSR count). The number of benzene rings is 2. The van der Waals surface area contributed by atoms with Crippen molar-refractivity contribution < 1.29 is 26.3 Å². The largest absolute Gasteiger partial charge is 0.486 e. The number of sulfone groups is 1. The molecule has 27 heavy (non-hydrogen) atoms. The maximum absolute atomic E-state index is 12.9. The molecule has 0 bridgehead atoms. The van der Waals surface area contributed by atoms with Crippen LogP contribution in [0.3, 0.4) is 0 Å². The van der Waals surface area contributed by atoms with Crippen LogP contribution in [0.4, 0.5) is 0 Å². The number of rotatable bonds is 6. The lowest BCUT2D eigenvalue weighted by atomic mass is 10.2. The van der Waals surface area contributed by atoms with Crippen LogP contribution in [0.2, 0.25) is 0 Å². The topological polar surface area (TPSA) is 90.0 Å². The van der Waals surface area contributed by atoms with Crippen molar-refractivity contribution in [2.24, 2.45) is 0 Å². The van der Waals surface area contributed by atoms with E-state index in [2.05, 4.69) is 0 Å². The van der Waals surface area contributed by atoms with Gasteiger partial charge in [-0.25, -0.2) is 16.8 Å². The van der Waals surface area contributed by atoms with Gasteiger partial charge < -0.3 is 9.47 Å². The molecule has 0 aromatic heterocycles. The van der Waals surface area contributed by atoms with Gasteiger partial charge in [0, 0.05) is 12.8 Å². The number of likely N-dealkylation sites (N-methyl/N-ethyl adjacent to an activating group) is 1. The van der Waals surface area contributed by atoms with Gasteiger partial charge in [0.2, 0.25) is 10.0 Å². The van der Waals surface area contributed by atoms with Crippen LogP contribution in [-0.2, 0) is 19.9 Å². The monoisotopic (exact) mass is 411 g/mol. The minimum Gasteiger partial charge on any atom is -0.486 e. The summed E-state index contributed by atoms with van der Waals surface area (Å²) in [5, 5.41) is 0. The number of sulfonamides is 1. The fourth-order valence-corrected chi connectivity index (χ4v) is 4.90. The second-order valence-electron chi connectivity index (χ2n) is 6.20. The normalized spacial score (nSPS) is 17.1. The molecule has 0 radical (unpaired) electrons. The molecule has 0 aliphatic carbocycles. The highest BCUT2D eigenvalue weighted by atomic mass is 32.2. The van der Waals surface area contributed by atoms with Crippen LogP contribution in [0.5, 0.6) is 11.5 Å². The van der Waals surface area contributed by atoms with E-state index in [0.29, 0.717) is 11.5 Å². The summed E-state index contributed by atoms with van der Waals surface area (Å²) < 4.78 is 61.7. The molecule has 0 N–H and O–H groups in total. The van der Waals surface area contributed by atoms with E-state index in [0.717, 1.165) is 6.26 Å². The summed E-state index contributed by atoms with van der Waals surface area (Å²) in [7, 11) is -7.17. The Morgan fingerprint density at radius 2 is 1.56 bits per heavy atom. The van der Waals surface area contributed by atoms with Gasteiger partial charge in [-0.05, 0) is 36.4 Å². The Hall–Kier alpha value is -2.10. The predicted molar refractivity (Wildman–Crippen MR) is 100 cm³/mol. The van der Waals surface area contributed by atoms with Crippen molar-refractivity contribution in [3.63, 3.8) is 0 Å². The fourth-order valence-electron chi connectivity index (χ4n) is 2.79. The zero-order valence-electron chi connectivity index (χ0n) is 15.0. The molecule has 1 heterocycles. The summed E-state index contributed by atoms with van der Waals surface area (Å²) in [6.07, 6.45) is 0.637. The summed E-state index contributed by atoms with van der Waals surface area (Å²) in [6, 6.07) is 12.4. The highest BCUT2D eigenvalue weighted by molar-refractivity contribution is 7.90. The van der Waals surface area contributed by atoms with Gasteiger partial charge in [-0.2, -0.15) is 4.31 Å². The molecule has 2 aromatic carbocycles. The van der Waals surface area contributed by atoms with Gasteiger partial charge in [0.05, 0.1) is 16.3 Å². The number of para-hydroxylation sites is 2. The van der Waals surface area contributed by atoms with Crippen molar-refractivity contribution in [2.45, 2.75) is 22.8 Å². The first kappa shape index (κ1) is 19.7. The first-order valence-electron chi connectivity index (χ1n) is 8.40. The molecule has 9 heteroatoms. The highest BCUT2D eigenvalue weighted by Gasteiger charge is 2.29. The summed E-state index contributed by atoms with van der Waals surface area (Å²) in [6.45, 7) is 2.36.